The first-order chi connectivity index (χ1) is 10.0. The summed E-state index contributed by atoms with van der Waals surface area (Å²) < 4.78 is 18.5. The lowest BCUT2D eigenvalue weighted by molar-refractivity contribution is 0.110. The van der Waals surface area contributed by atoms with Crippen LogP contribution in [0.3, 0.4) is 0 Å². The molecule has 3 N–H and O–H groups in total. The molecule has 1 aromatic carbocycles. The lowest BCUT2D eigenvalue weighted by Crippen LogP contribution is -2.37. The van der Waals surface area contributed by atoms with Crippen LogP contribution in [0.15, 0.2) is 18.2 Å². The largest absolute Gasteiger partial charge is 0.384 e. The van der Waals surface area contributed by atoms with Gasteiger partial charge in [-0.05, 0) is 30.5 Å². The van der Waals surface area contributed by atoms with Crippen molar-refractivity contribution >= 4 is 5.84 Å². The minimum Gasteiger partial charge on any atom is -0.384 e. The van der Waals surface area contributed by atoms with Crippen LogP contribution in [0.4, 0.5) is 4.39 Å². The van der Waals surface area contributed by atoms with E-state index < -0.39 is 0 Å². The first-order valence-electron chi connectivity index (χ1n) is 7.39. The molecule has 118 valence electrons. The minimum atomic E-state index is -0.366. The van der Waals surface area contributed by atoms with E-state index in [0.29, 0.717) is 24.8 Å². The molecule has 0 radical (unpaired) electrons. The number of nitrogen functional groups attached to an aromatic ring is 1. The van der Waals surface area contributed by atoms with Crippen LogP contribution < -0.4 is 5.73 Å². The summed E-state index contributed by atoms with van der Waals surface area (Å²) in [5.74, 6) is -0.462. The van der Waals surface area contributed by atoms with Crippen molar-refractivity contribution in [3.63, 3.8) is 0 Å². The number of halogens is 1. The molecule has 0 unspecified atom stereocenters. The van der Waals surface area contributed by atoms with Crippen molar-refractivity contribution in [2.45, 2.75) is 39.3 Å². The number of nitrogens with two attached hydrogens (primary N) is 1. The smallest absolute Gasteiger partial charge is 0.123 e. The molecule has 0 amide bonds. The standard InChI is InChI=1S/C16H26FN3O/c1-4-14(5-2)20(8-9-21-3)11-12-6-7-13(17)10-15(12)16(18)19/h6-7,10,14H,4-5,8-9,11H2,1-3H3,(H3,18,19). The van der Waals surface area contributed by atoms with Crippen molar-refractivity contribution in [1.82, 2.24) is 4.90 Å². The molecule has 1 aromatic rings. The summed E-state index contributed by atoms with van der Waals surface area (Å²) in [5, 5.41) is 7.62. The number of amidine groups is 1. The Kier molecular flexibility index (Phi) is 7.32. The highest BCUT2D eigenvalue weighted by molar-refractivity contribution is 5.96. The van der Waals surface area contributed by atoms with Gasteiger partial charge in [-0.1, -0.05) is 19.9 Å². The maximum atomic E-state index is 13.4. The van der Waals surface area contributed by atoms with Gasteiger partial charge in [0.2, 0.25) is 0 Å². The van der Waals surface area contributed by atoms with Crippen molar-refractivity contribution in [1.29, 1.82) is 5.41 Å². The molecule has 0 aliphatic carbocycles. The zero-order chi connectivity index (χ0) is 15.8. The maximum Gasteiger partial charge on any atom is 0.123 e. The van der Waals surface area contributed by atoms with Crippen LogP contribution in [0.25, 0.3) is 0 Å². The molecule has 0 saturated carbocycles. The van der Waals surface area contributed by atoms with E-state index in [9.17, 15) is 4.39 Å². The van der Waals surface area contributed by atoms with Gasteiger partial charge in [0.05, 0.1) is 6.61 Å². The van der Waals surface area contributed by atoms with Crippen molar-refractivity contribution < 1.29 is 9.13 Å². The van der Waals surface area contributed by atoms with Gasteiger partial charge >= 0.3 is 0 Å². The Labute approximate surface area is 126 Å². The fourth-order valence-corrected chi connectivity index (χ4v) is 2.56. The Balaban J connectivity index is 2.99. The Bertz CT molecular complexity index is 461. The molecule has 5 heteroatoms. The van der Waals surface area contributed by atoms with Crippen molar-refractivity contribution in [3.05, 3.63) is 35.1 Å². The van der Waals surface area contributed by atoms with Gasteiger partial charge in [-0.3, -0.25) is 10.3 Å². The Hall–Kier alpha value is -1.46. The zero-order valence-electron chi connectivity index (χ0n) is 13.2. The van der Waals surface area contributed by atoms with Crippen molar-refractivity contribution in [2.24, 2.45) is 5.73 Å². The third-order valence-electron chi connectivity index (χ3n) is 3.78. The zero-order valence-corrected chi connectivity index (χ0v) is 13.2. The topological polar surface area (TPSA) is 62.3 Å². The predicted molar refractivity (Wildman–Crippen MR) is 84.1 cm³/mol. The molecule has 0 atom stereocenters. The molecule has 0 aromatic heterocycles. The van der Waals surface area contributed by atoms with E-state index in [4.69, 9.17) is 15.9 Å². The molecule has 21 heavy (non-hydrogen) atoms. The summed E-state index contributed by atoms with van der Waals surface area (Å²) in [7, 11) is 1.68. The van der Waals surface area contributed by atoms with Crippen LogP contribution in [0.2, 0.25) is 0 Å². The van der Waals surface area contributed by atoms with Gasteiger partial charge in [-0.15, -0.1) is 0 Å². The highest BCUT2D eigenvalue weighted by Gasteiger charge is 2.17. The SMILES string of the molecule is CCC(CC)N(CCOC)Cc1ccc(F)cc1C(=N)N. The van der Waals surface area contributed by atoms with Crippen LogP contribution in [0.5, 0.6) is 0 Å². The van der Waals surface area contributed by atoms with Crippen molar-refractivity contribution in [2.75, 3.05) is 20.3 Å². The lowest BCUT2D eigenvalue weighted by atomic mass is 10.0. The van der Waals surface area contributed by atoms with E-state index >= 15 is 0 Å². The summed E-state index contributed by atoms with van der Waals surface area (Å²) in [4.78, 5) is 2.31. The quantitative estimate of drug-likeness (QED) is 0.544. The third-order valence-corrected chi connectivity index (χ3v) is 3.78. The maximum absolute atomic E-state index is 13.4. The molecule has 0 fully saturated rings. The Morgan fingerprint density at radius 3 is 2.57 bits per heavy atom. The third kappa shape index (κ3) is 5.10. The van der Waals surface area contributed by atoms with Crippen LogP contribution in [-0.4, -0.2) is 37.0 Å². The van der Waals surface area contributed by atoms with Gasteiger partial charge in [0.25, 0.3) is 0 Å². The number of hydrogen-bond donors (Lipinski definition) is 2. The van der Waals surface area contributed by atoms with E-state index in [2.05, 4.69) is 18.7 Å². The van der Waals surface area contributed by atoms with Gasteiger partial charge in [0.15, 0.2) is 0 Å². The molecular formula is C16H26FN3O. The van der Waals surface area contributed by atoms with Gasteiger partial charge in [0, 0.05) is 31.8 Å². The minimum absolute atomic E-state index is 0.0965. The number of ether oxygens (including phenoxy) is 1. The molecule has 4 nitrogen and oxygen atoms in total. The summed E-state index contributed by atoms with van der Waals surface area (Å²) >= 11 is 0. The highest BCUT2D eigenvalue weighted by Crippen LogP contribution is 2.17. The predicted octanol–water partition coefficient (Wildman–Crippen LogP) is 2.75. The summed E-state index contributed by atoms with van der Waals surface area (Å²) in [6, 6.07) is 4.90. The second-order valence-corrected chi connectivity index (χ2v) is 5.15. The van der Waals surface area contributed by atoms with E-state index in [0.717, 1.165) is 24.9 Å². The van der Waals surface area contributed by atoms with Crippen LogP contribution in [-0.2, 0) is 11.3 Å². The monoisotopic (exact) mass is 295 g/mol. The number of nitrogens with one attached hydrogen (secondary N) is 1. The number of hydrogen-bond acceptors (Lipinski definition) is 3. The molecule has 1 rings (SSSR count). The molecule has 0 bridgehead atoms. The lowest BCUT2D eigenvalue weighted by Gasteiger charge is -2.31. The van der Waals surface area contributed by atoms with Crippen molar-refractivity contribution in [3.8, 4) is 0 Å². The van der Waals surface area contributed by atoms with Crippen LogP contribution in [0.1, 0.15) is 37.8 Å². The molecule has 0 saturated heterocycles. The molecular weight excluding hydrogens is 269 g/mol. The van der Waals surface area contributed by atoms with E-state index in [-0.39, 0.29) is 11.7 Å². The first-order valence-corrected chi connectivity index (χ1v) is 7.39. The average molecular weight is 295 g/mol. The van der Waals surface area contributed by atoms with Gasteiger partial charge < -0.3 is 10.5 Å². The second-order valence-electron chi connectivity index (χ2n) is 5.15. The number of benzene rings is 1. The fraction of sp³-hybridized carbons (Fsp3) is 0.562. The number of rotatable bonds is 9. The average Bonchev–Trinajstić information content (AvgIpc) is 2.47. The highest BCUT2D eigenvalue weighted by atomic mass is 19.1. The fourth-order valence-electron chi connectivity index (χ4n) is 2.56. The molecule has 0 spiro atoms. The summed E-state index contributed by atoms with van der Waals surface area (Å²) in [6.07, 6.45) is 2.08. The van der Waals surface area contributed by atoms with Gasteiger partial charge in [-0.2, -0.15) is 0 Å². The van der Waals surface area contributed by atoms with E-state index in [1.165, 1.54) is 12.1 Å². The number of methoxy groups -OCH3 is 1. The summed E-state index contributed by atoms with van der Waals surface area (Å²) in [5.41, 5.74) is 6.93. The van der Waals surface area contributed by atoms with Gasteiger partial charge in [-0.25, -0.2) is 4.39 Å². The van der Waals surface area contributed by atoms with E-state index in [1.54, 1.807) is 13.2 Å². The van der Waals surface area contributed by atoms with Crippen LogP contribution >= 0.6 is 0 Å². The van der Waals surface area contributed by atoms with Gasteiger partial charge in [0.1, 0.15) is 11.7 Å². The normalized spacial score (nSPS) is 11.3. The van der Waals surface area contributed by atoms with Crippen LogP contribution in [0, 0.1) is 11.2 Å². The molecule has 0 aliphatic rings. The molecule has 0 heterocycles. The molecule has 0 aliphatic heterocycles. The Morgan fingerprint density at radius 1 is 1.38 bits per heavy atom. The second kappa shape index (κ2) is 8.74. The first kappa shape index (κ1) is 17.6. The number of nitrogens with zero attached hydrogens (tertiary/aromatic N) is 1. The Morgan fingerprint density at radius 2 is 2.05 bits per heavy atom. The van der Waals surface area contributed by atoms with E-state index in [1.807, 2.05) is 0 Å². The summed E-state index contributed by atoms with van der Waals surface area (Å²) in [6.45, 7) is 6.41.